The van der Waals surface area contributed by atoms with Gasteiger partial charge in [0.1, 0.15) is 6.10 Å². The highest BCUT2D eigenvalue weighted by Crippen LogP contribution is 2.38. The zero-order chi connectivity index (χ0) is 14.4. The van der Waals surface area contributed by atoms with Crippen molar-refractivity contribution in [2.24, 2.45) is 0 Å². The molecular formula is C14H17Cl2NO2. The van der Waals surface area contributed by atoms with Crippen LogP contribution in [0.25, 0.3) is 0 Å². The fourth-order valence-corrected chi connectivity index (χ4v) is 3.08. The van der Waals surface area contributed by atoms with Gasteiger partial charge in [-0.2, -0.15) is 0 Å². The van der Waals surface area contributed by atoms with E-state index in [9.17, 15) is 4.79 Å². The third kappa shape index (κ3) is 2.82. The van der Waals surface area contributed by atoms with Crippen molar-refractivity contribution in [3.8, 4) is 0 Å². The van der Waals surface area contributed by atoms with Crippen molar-refractivity contribution < 1.29 is 9.53 Å². The minimum absolute atomic E-state index is 0.0676. The van der Waals surface area contributed by atoms with Crippen LogP contribution < -0.4 is 0 Å². The fourth-order valence-electron chi connectivity index (χ4n) is 2.54. The molecule has 2 atom stereocenters. The second-order valence-electron chi connectivity index (χ2n) is 5.79. The van der Waals surface area contributed by atoms with E-state index in [0.29, 0.717) is 10.0 Å². The number of amides is 1. The first kappa shape index (κ1) is 14.5. The molecule has 0 unspecified atom stereocenters. The van der Waals surface area contributed by atoms with Crippen molar-refractivity contribution in [1.82, 2.24) is 4.90 Å². The van der Waals surface area contributed by atoms with Gasteiger partial charge in [0.25, 0.3) is 0 Å². The normalized spacial score (nSPS) is 23.7. The summed E-state index contributed by atoms with van der Waals surface area (Å²) in [5.41, 5.74) is 0.540. The van der Waals surface area contributed by atoms with Gasteiger partial charge < -0.3 is 4.74 Å². The standard InChI is InChI=1S/C14H17Cl2NO2/c1-8-12(9-5-10(15)7-11(16)6-9)19-13(18)17(8)14(2,3)4/h5-8,12H,1-4H3/t8-,12-/m1/s1. The first-order valence-corrected chi connectivity index (χ1v) is 6.91. The van der Waals surface area contributed by atoms with Crippen molar-refractivity contribution in [3.05, 3.63) is 33.8 Å². The van der Waals surface area contributed by atoms with Gasteiger partial charge in [0.05, 0.1) is 6.04 Å². The van der Waals surface area contributed by atoms with Crippen LogP contribution in [0.3, 0.4) is 0 Å². The predicted octanol–water partition coefficient (Wildman–Crippen LogP) is 4.67. The van der Waals surface area contributed by atoms with Crippen LogP contribution in [0.4, 0.5) is 4.79 Å². The van der Waals surface area contributed by atoms with Gasteiger partial charge in [-0.25, -0.2) is 4.79 Å². The molecule has 19 heavy (non-hydrogen) atoms. The Morgan fingerprint density at radius 2 is 1.68 bits per heavy atom. The maximum atomic E-state index is 12.0. The SMILES string of the molecule is C[C@@H]1[C@H](c2cc(Cl)cc(Cl)c2)OC(=O)N1C(C)(C)C. The summed E-state index contributed by atoms with van der Waals surface area (Å²) in [6, 6.07) is 5.17. The molecule has 0 aromatic heterocycles. The number of hydrogen-bond acceptors (Lipinski definition) is 2. The maximum absolute atomic E-state index is 12.0. The lowest BCUT2D eigenvalue weighted by Gasteiger charge is -2.33. The van der Waals surface area contributed by atoms with Crippen LogP contribution in [0.2, 0.25) is 10.0 Å². The van der Waals surface area contributed by atoms with E-state index in [2.05, 4.69) is 0 Å². The summed E-state index contributed by atoms with van der Waals surface area (Å²) in [6.07, 6.45) is -0.649. The molecule has 5 heteroatoms. The van der Waals surface area contributed by atoms with E-state index < -0.39 is 0 Å². The number of carbonyl (C=O) groups excluding carboxylic acids is 1. The minimum atomic E-state index is -0.345. The van der Waals surface area contributed by atoms with Gasteiger partial charge in [-0.05, 0) is 51.5 Å². The topological polar surface area (TPSA) is 29.5 Å². The average molecular weight is 302 g/mol. The van der Waals surface area contributed by atoms with Crippen LogP contribution >= 0.6 is 23.2 Å². The molecule has 0 aliphatic carbocycles. The number of ether oxygens (including phenoxy) is 1. The number of carbonyl (C=O) groups is 1. The number of hydrogen-bond donors (Lipinski definition) is 0. The van der Waals surface area contributed by atoms with Crippen molar-refractivity contribution in [3.63, 3.8) is 0 Å². The molecule has 1 aromatic carbocycles. The Balaban J connectivity index is 2.35. The molecule has 0 spiro atoms. The largest absolute Gasteiger partial charge is 0.439 e. The zero-order valence-electron chi connectivity index (χ0n) is 11.4. The summed E-state index contributed by atoms with van der Waals surface area (Å²) in [6.45, 7) is 7.92. The molecular weight excluding hydrogens is 285 g/mol. The van der Waals surface area contributed by atoms with E-state index in [1.54, 1.807) is 23.1 Å². The monoisotopic (exact) mass is 301 g/mol. The molecule has 1 heterocycles. The molecule has 0 radical (unpaired) electrons. The van der Waals surface area contributed by atoms with Gasteiger partial charge in [-0.1, -0.05) is 23.2 Å². The van der Waals surface area contributed by atoms with Gasteiger partial charge in [0.15, 0.2) is 0 Å². The molecule has 1 aromatic rings. The van der Waals surface area contributed by atoms with Gasteiger partial charge in [-0.3, -0.25) is 4.90 Å². The number of benzene rings is 1. The average Bonchev–Trinajstić information content (AvgIpc) is 2.51. The predicted molar refractivity (Wildman–Crippen MR) is 76.7 cm³/mol. The lowest BCUT2D eigenvalue weighted by Crippen LogP contribution is -2.46. The third-order valence-corrected chi connectivity index (χ3v) is 3.64. The number of cyclic esters (lactones) is 1. The Morgan fingerprint density at radius 3 is 2.11 bits per heavy atom. The third-order valence-electron chi connectivity index (χ3n) is 3.21. The van der Waals surface area contributed by atoms with Crippen molar-refractivity contribution in [2.45, 2.75) is 45.4 Å². The summed E-state index contributed by atoms with van der Waals surface area (Å²) in [7, 11) is 0. The van der Waals surface area contributed by atoms with Crippen molar-refractivity contribution in [1.29, 1.82) is 0 Å². The summed E-state index contributed by atoms with van der Waals surface area (Å²) in [5.74, 6) is 0. The first-order chi connectivity index (χ1) is 8.70. The Bertz CT molecular complexity index is 490. The van der Waals surface area contributed by atoms with E-state index in [4.69, 9.17) is 27.9 Å². The first-order valence-electron chi connectivity index (χ1n) is 6.16. The number of rotatable bonds is 1. The molecule has 0 N–H and O–H groups in total. The Morgan fingerprint density at radius 1 is 1.16 bits per heavy atom. The van der Waals surface area contributed by atoms with Crippen LogP contribution in [0.5, 0.6) is 0 Å². The van der Waals surface area contributed by atoms with Gasteiger partial charge in [0.2, 0.25) is 0 Å². The Labute approximate surface area is 123 Å². The van der Waals surface area contributed by atoms with Crippen LogP contribution in [0, 0.1) is 0 Å². The zero-order valence-corrected chi connectivity index (χ0v) is 12.9. The van der Waals surface area contributed by atoms with E-state index in [-0.39, 0.29) is 23.8 Å². The summed E-state index contributed by atoms with van der Waals surface area (Å²) in [5, 5.41) is 1.08. The number of halogens is 2. The highest BCUT2D eigenvalue weighted by molar-refractivity contribution is 6.34. The molecule has 1 aliphatic rings. The Hall–Kier alpha value is -0.930. The van der Waals surface area contributed by atoms with Crippen LogP contribution in [0.1, 0.15) is 39.4 Å². The molecule has 0 saturated carbocycles. The number of nitrogens with zero attached hydrogens (tertiary/aromatic N) is 1. The molecule has 1 aliphatic heterocycles. The van der Waals surface area contributed by atoms with Crippen LogP contribution in [-0.2, 0) is 4.74 Å². The Kier molecular flexibility index (Phi) is 3.72. The summed E-state index contributed by atoms with van der Waals surface area (Å²) < 4.78 is 5.48. The summed E-state index contributed by atoms with van der Waals surface area (Å²) >= 11 is 12.0. The second-order valence-corrected chi connectivity index (χ2v) is 6.66. The second kappa shape index (κ2) is 4.88. The van der Waals surface area contributed by atoms with Crippen molar-refractivity contribution in [2.75, 3.05) is 0 Å². The van der Waals surface area contributed by atoms with Crippen LogP contribution in [-0.4, -0.2) is 22.6 Å². The van der Waals surface area contributed by atoms with E-state index >= 15 is 0 Å². The molecule has 0 bridgehead atoms. The lowest BCUT2D eigenvalue weighted by atomic mass is 9.99. The molecule has 1 saturated heterocycles. The summed E-state index contributed by atoms with van der Waals surface area (Å²) in [4.78, 5) is 13.8. The quantitative estimate of drug-likeness (QED) is 0.754. The fraction of sp³-hybridized carbons (Fsp3) is 0.500. The van der Waals surface area contributed by atoms with Crippen molar-refractivity contribution >= 4 is 29.3 Å². The molecule has 1 amide bonds. The van der Waals surface area contributed by atoms with Gasteiger partial charge >= 0.3 is 6.09 Å². The highest BCUT2D eigenvalue weighted by atomic mass is 35.5. The van der Waals surface area contributed by atoms with E-state index in [1.807, 2.05) is 27.7 Å². The smallest absolute Gasteiger partial charge is 0.411 e. The molecule has 2 rings (SSSR count). The van der Waals surface area contributed by atoms with E-state index in [0.717, 1.165) is 5.56 Å². The van der Waals surface area contributed by atoms with Gasteiger partial charge in [0, 0.05) is 15.6 Å². The van der Waals surface area contributed by atoms with E-state index in [1.165, 1.54) is 0 Å². The molecule has 1 fully saturated rings. The molecule has 3 nitrogen and oxygen atoms in total. The maximum Gasteiger partial charge on any atom is 0.411 e. The minimum Gasteiger partial charge on any atom is -0.439 e. The highest BCUT2D eigenvalue weighted by Gasteiger charge is 2.44. The van der Waals surface area contributed by atoms with Crippen LogP contribution in [0.15, 0.2) is 18.2 Å². The lowest BCUT2D eigenvalue weighted by molar-refractivity contribution is 0.119. The van der Waals surface area contributed by atoms with Gasteiger partial charge in [-0.15, -0.1) is 0 Å². The molecule has 104 valence electrons.